The van der Waals surface area contributed by atoms with Gasteiger partial charge >= 0.3 is 5.97 Å². The summed E-state index contributed by atoms with van der Waals surface area (Å²) < 4.78 is 11.3. The maximum Gasteiger partial charge on any atom is 0.336 e. The van der Waals surface area contributed by atoms with Gasteiger partial charge < -0.3 is 24.8 Å². The number of carbonyl (C=O) groups excluding carboxylic acids is 2. The highest BCUT2D eigenvalue weighted by Gasteiger charge is 2.35. The first-order chi connectivity index (χ1) is 18.7. The number of esters is 1. The van der Waals surface area contributed by atoms with Crippen LogP contribution in [0.25, 0.3) is 0 Å². The van der Waals surface area contributed by atoms with Gasteiger partial charge in [0.05, 0.1) is 19.2 Å². The van der Waals surface area contributed by atoms with Crippen LogP contribution in [-0.4, -0.2) is 48.6 Å². The van der Waals surface area contributed by atoms with Crippen molar-refractivity contribution in [3.63, 3.8) is 0 Å². The Bertz CT molecular complexity index is 1310. The number of rotatable bonds is 4. The van der Waals surface area contributed by atoms with Crippen molar-refractivity contribution in [2.75, 3.05) is 20.7 Å². The number of ketones is 1. The maximum absolute atomic E-state index is 13.0. The van der Waals surface area contributed by atoms with Gasteiger partial charge in [0.1, 0.15) is 17.6 Å². The highest BCUT2D eigenvalue weighted by atomic mass is 16.5. The number of piperidine rings is 1. The number of nitrogens with one attached hydrogen (secondary N) is 1. The van der Waals surface area contributed by atoms with E-state index in [2.05, 4.69) is 11.9 Å². The molecule has 3 aliphatic rings. The minimum atomic E-state index is -0.331. The Morgan fingerprint density at radius 2 is 1.90 bits per heavy atom. The van der Waals surface area contributed by atoms with E-state index in [1.165, 1.54) is 0 Å². The number of aryl methyl sites for hydroxylation is 1. The predicted octanol–water partition coefficient (Wildman–Crippen LogP) is 5.51. The van der Waals surface area contributed by atoms with Gasteiger partial charge in [0.15, 0.2) is 5.78 Å². The third kappa shape index (κ3) is 6.72. The monoisotopic (exact) mass is 530 g/mol. The summed E-state index contributed by atoms with van der Waals surface area (Å²) in [4.78, 5) is 28.0. The molecule has 5 rings (SSSR count). The molecule has 0 unspecified atom stereocenters. The van der Waals surface area contributed by atoms with Crippen LogP contribution in [0.4, 0.5) is 0 Å². The third-order valence-corrected chi connectivity index (χ3v) is 7.60. The molecule has 0 radical (unpaired) electrons. The van der Waals surface area contributed by atoms with E-state index in [1.807, 2.05) is 62.2 Å². The van der Waals surface area contributed by atoms with E-state index >= 15 is 0 Å². The Kier molecular flexibility index (Phi) is 8.79. The average molecular weight is 531 g/mol. The molecule has 2 aliphatic heterocycles. The summed E-state index contributed by atoms with van der Waals surface area (Å²) in [5.41, 5.74) is 6.13. The predicted molar refractivity (Wildman–Crippen MR) is 151 cm³/mol. The van der Waals surface area contributed by atoms with Crippen LogP contribution in [0.1, 0.15) is 56.1 Å². The zero-order valence-corrected chi connectivity index (χ0v) is 23.3. The molecule has 0 saturated carbocycles. The largest absolute Gasteiger partial charge is 0.508 e. The molecule has 2 aromatic carbocycles. The molecule has 206 valence electrons. The number of hydrogen-bond acceptors (Lipinski definition) is 7. The lowest BCUT2D eigenvalue weighted by Crippen LogP contribution is -2.38. The first-order valence-corrected chi connectivity index (χ1v) is 13.4. The number of para-hydroxylation sites is 1. The van der Waals surface area contributed by atoms with Crippen LogP contribution in [0.3, 0.4) is 0 Å². The molecule has 0 amide bonds. The molecule has 1 saturated heterocycles. The number of likely N-dealkylation sites (tertiary alicyclic amines) is 1. The highest BCUT2D eigenvalue weighted by Crippen LogP contribution is 2.41. The fraction of sp³-hybridized carbons (Fsp3) is 0.375. The number of Topliss-reactive ketones (excluding diaryl/α,β-unsaturated/α-hetero) is 1. The van der Waals surface area contributed by atoms with Crippen molar-refractivity contribution in [1.29, 1.82) is 0 Å². The SMILES string of the molecule is C=C1CC[C@H](OC(=O)C2=C(C)NC3=C(C2)C(=O)C[C@H](c2ccccc2OC)C3)CN1C.Cc1cccc(O)c1. The standard InChI is InChI=1S/C25H30N2O4.C7H8O/c1-15-9-10-18(14-27(15)3)31-25(29)20-13-21-22(26-16(20)2)11-17(12-23(21)28)19-7-5-6-8-24(19)30-4;1-6-3-2-4-7(8)5-6/h5-8,17-18,26H,1,9-14H2,2-4H3;2-5,8H,1H3/t17-,18+;/m1./s1. The molecule has 0 aromatic heterocycles. The van der Waals surface area contributed by atoms with Crippen molar-refractivity contribution in [2.24, 2.45) is 0 Å². The number of allylic oxidation sites excluding steroid dienone is 4. The van der Waals surface area contributed by atoms with Crippen LogP contribution in [0.15, 0.2) is 83.3 Å². The van der Waals surface area contributed by atoms with Gasteiger partial charge in [-0.2, -0.15) is 0 Å². The number of benzene rings is 2. The van der Waals surface area contributed by atoms with Crippen LogP contribution < -0.4 is 10.1 Å². The fourth-order valence-corrected chi connectivity index (χ4v) is 5.34. The van der Waals surface area contributed by atoms with E-state index in [0.717, 1.165) is 53.2 Å². The number of carbonyl (C=O) groups is 2. The number of methoxy groups -OCH3 is 1. The fourth-order valence-electron chi connectivity index (χ4n) is 5.34. The summed E-state index contributed by atoms with van der Waals surface area (Å²) >= 11 is 0. The van der Waals surface area contributed by atoms with Crippen molar-refractivity contribution in [3.8, 4) is 11.5 Å². The Labute approximate surface area is 230 Å². The van der Waals surface area contributed by atoms with Crippen LogP contribution in [0.2, 0.25) is 0 Å². The number of phenolic OH excluding ortho intramolecular Hbond substituents is 1. The molecule has 7 heteroatoms. The lowest BCUT2D eigenvalue weighted by molar-refractivity contribution is -0.146. The second kappa shape index (κ2) is 12.2. The third-order valence-electron chi connectivity index (χ3n) is 7.60. The molecule has 7 nitrogen and oxygen atoms in total. The summed E-state index contributed by atoms with van der Waals surface area (Å²) in [5.74, 6) is 0.946. The molecular formula is C32H38N2O5. The first-order valence-electron chi connectivity index (χ1n) is 13.4. The first kappa shape index (κ1) is 28.0. The van der Waals surface area contributed by atoms with Gasteiger partial charge in [0.2, 0.25) is 0 Å². The lowest BCUT2D eigenvalue weighted by Gasteiger charge is -2.34. The molecule has 2 atom stereocenters. The quantitative estimate of drug-likeness (QED) is 0.504. The molecule has 2 aromatic rings. The Hall–Kier alpha value is -4.00. The summed E-state index contributed by atoms with van der Waals surface area (Å²) in [6.07, 6.45) is 2.91. The zero-order valence-electron chi connectivity index (χ0n) is 23.3. The van der Waals surface area contributed by atoms with Gasteiger partial charge in [-0.1, -0.05) is 36.9 Å². The molecule has 1 fully saturated rings. The summed E-state index contributed by atoms with van der Waals surface area (Å²) in [5, 5.41) is 12.2. The van der Waals surface area contributed by atoms with E-state index in [0.29, 0.717) is 36.3 Å². The van der Waals surface area contributed by atoms with E-state index < -0.39 is 0 Å². The molecule has 2 N–H and O–H groups in total. The normalized spacial score (nSPS) is 21.0. The maximum atomic E-state index is 13.0. The Balaban J connectivity index is 0.000000379. The van der Waals surface area contributed by atoms with Crippen LogP contribution in [-0.2, 0) is 14.3 Å². The summed E-state index contributed by atoms with van der Waals surface area (Å²) in [6, 6.07) is 15.0. The Morgan fingerprint density at radius 3 is 2.56 bits per heavy atom. The van der Waals surface area contributed by atoms with Crippen molar-refractivity contribution in [3.05, 3.63) is 94.5 Å². The van der Waals surface area contributed by atoms with Crippen LogP contribution in [0.5, 0.6) is 11.5 Å². The van der Waals surface area contributed by atoms with Gasteiger partial charge in [-0.3, -0.25) is 4.79 Å². The molecule has 1 aliphatic carbocycles. The molecule has 2 heterocycles. The minimum absolute atomic E-state index is 0.0575. The van der Waals surface area contributed by atoms with E-state index in [4.69, 9.17) is 14.6 Å². The van der Waals surface area contributed by atoms with Crippen LogP contribution in [0, 0.1) is 6.92 Å². The number of aromatic hydroxyl groups is 1. The van der Waals surface area contributed by atoms with Gasteiger partial charge in [-0.15, -0.1) is 0 Å². The van der Waals surface area contributed by atoms with E-state index in [-0.39, 0.29) is 23.8 Å². The number of nitrogens with zero attached hydrogens (tertiary/aromatic N) is 1. The zero-order chi connectivity index (χ0) is 28.1. The lowest BCUT2D eigenvalue weighted by atomic mass is 9.78. The topological polar surface area (TPSA) is 88.1 Å². The average Bonchev–Trinajstić information content (AvgIpc) is 2.90. The van der Waals surface area contributed by atoms with Crippen LogP contribution >= 0.6 is 0 Å². The highest BCUT2D eigenvalue weighted by molar-refractivity contribution is 6.01. The van der Waals surface area contributed by atoms with Gasteiger partial charge in [0, 0.05) is 48.5 Å². The molecule has 0 spiro atoms. The molecule has 39 heavy (non-hydrogen) atoms. The van der Waals surface area contributed by atoms with Crippen molar-refractivity contribution in [1.82, 2.24) is 10.2 Å². The van der Waals surface area contributed by atoms with Crippen molar-refractivity contribution < 1.29 is 24.2 Å². The smallest absolute Gasteiger partial charge is 0.336 e. The number of phenols is 1. The summed E-state index contributed by atoms with van der Waals surface area (Å²) in [7, 11) is 3.61. The summed E-state index contributed by atoms with van der Waals surface area (Å²) in [6.45, 7) is 8.49. The second-order valence-electron chi connectivity index (χ2n) is 10.5. The van der Waals surface area contributed by atoms with Crippen molar-refractivity contribution in [2.45, 2.75) is 58.0 Å². The van der Waals surface area contributed by atoms with E-state index in [1.54, 1.807) is 19.2 Å². The van der Waals surface area contributed by atoms with Gasteiger partial charge in [-0.25, -0.2) is 4.79 Å². The van der Waals surface area contributed by atoms with Gasteiger partial charge in [-0.05, 0) is 62.4 Å². The van der Waals surface area contributed by atoms with Gasteiger partial charge in [0.25, 0.3) is 0 Å². The minimum Gasteiger partial charge on any atom is -0.508 e. The number of dihydropyridines is 1. The second-order valence-corrected chi connectivity index (χ2v) is 10.5. The number of hydrogen-bond donors (Lipinski definition) is 2. The molecule has 0 bridgehead atoms. The number of ether oxygens (including phenoxy) is 2. The molecular weight excluding hydrogens is 492 g/mol. The van der Waals surface area contributed by atoms with E-state index in [9.17, 15) is 9.59 Å². The number of likely N-dealkylation sites (N-methyl/N-ethyl adjacent to an activating group) is 1. The Morgan fingerprint density at radius 1 is 1.13 bits per heavy atom. The van der Waals surface area contributed by atoms with Crippen molar-refractivity contribution >= 4 is 11.8 Å².